The Hall–Kier alpha value is -2.05. The van der Waals surface area contributed by atoms with E-state index in [1.54, 1.807) is 12.1 Å². The summed E-state index contributed by atoms with van der Waals surface area (Å²) in [6, 6.07) is 11.5. The van der Waals surface area contributed by atoms with Gasteiger partial charge < -0.3 is 10.0 Å². The lowest BCUT2D eigenvalue weighted by atomic mass is 9.80. The molecule has 0 atom stereocenters. The van der Waals surface area contributed by atoms with E-state index >= 15 is 0 Å². The van der Waals surface area contributed by atoms with E-state index in [1.807, 2.05) is 18.2 Å². The molecule has 6 heteroatoms. The van der Waals surface area contributed by atoms with Gasteiger partial charge in [0, 0.05) is 11.6 Å². The maximum absolute atomic E-state index is 12.3. The monoisotopic (exact) mass is 264 g/mol. The lowest BCUT2D eigenvalue weighted by Gasteiger charge is -1.98. The van der Waals surface area contributed by atoms with Gasteiger partial charge in [0.25, 0.3) is 0 Å². The predicted molar refractivity (Wildman–Crippen MR) is 68.0 cm³/mol. The topological polar surface area (TPSA) is 57.5 Å². The molecule has 0 saturated carbocycles. The highest BCUT2D eigenvalue weighted by atomic mass is 19.1. The standard InChI is InChI=1S/C7H6O.C6H5BF2O2/c8-6-7-4-2-1-3-5-7;8-5-1-4(7(10)11)2-6(9)3-5/h1-6H;1-3,10-11H. The summed E-state index contributed by atoms with van der Waals surface area (Å²) in [5, 5.41) is 17.0. The quantitative estimate of drug-likeness (QED) is 0.631. The first kappa shape index (κ1) is 15.0. The highest BCUT2D eigenvalue weighted by molar-refractivity contribution is 6.58. The summed E-state index contributed by atoms with van der Waals surface area (Å²) < 4.78 is 24.7. The SMILES string of the molecule is O=Cc1ccccc1.OB(O)c1cc(F)cc(F)c1. The van der Waals surface area contributed by atoms with E-state index in [1.165, 1.54) is 0 Å². The average molecular weight is 264 g/mol. The summed E-state index contributed by atoms with van der Waals surface area (Å²) in [4.78, 5) is 10.0. The summed E-state index contributed by atoms with van der Waals surface area (Å²) >= 11 is 0. The van der Waals surface area contributed by atoms with Crippen LogP contribution in [0.4, 0.5) is 8.78 Å². The molecule has 2 aromatic carbocycles. The number of rotatable bonds is 2. The van der Waals surface area contributed by atoms with Gasteiger partial charge in [0.15, 0.2) is 0 Å². The van der Waals surface area contributed by atoms with Gasteiger partial charge in [-0.05, 0) is 17.6 Å². The Morgan fingerprint density at radius 1 is 0.947 bits per heavy atom. The van der Waals surface area contributed by atoms with Gasteiger partial charge in [-0.25, -0.2) is 8.78 Å². The molecule has 0 amide bonds. The minimum Gasteiger partial charge on any atom is -0.423 e. The van der Waals surface area contributed by atoms with Crippen LogP contribution in [0.3, 0.4) is 0 Å². The van der Waals surface area contributed by atoms with Crippen molar-refractivity contribution >= 4 is 18.9 Å². The number of hydrogen-bond donors (Lipinski definition) is 2. The summed E-state index contributed by atoms with van der Waals surface area (Å²) in [5.74, 6) is -1.65. The third kappa shape index (κ3) is 5.41. The zero-order chi connectivity index (χ0) is 14.3. The van der Waals surface area contributed by atoms with Crippen LogP contribution in [0.15, 0.2) is 48.5 Å². The highest BCUT2D eigenvalue weighted by Gasteiger charge is 2.12. The lowest BCUT2D eigenvalue weighted by molar-refractivity contribution is 0.112. The third-order valence-electron chi connectivity index (χ3n) is 2.12. The van der Waals surface area contributed by atoms with Crippen LogP contribution in [-0.2, 0) is 0 Å². The van der Waals surface area contributed by atoms with E-state index in [-0.39, 0.29) is 5.46 Å². The molecule has 2 rings (SSSR count). The van der Waals surface area contributed by atoms with Gasteiger partial charge in [-0.3, -0.25) is 4.79 Å². The molecule has 0 bridgehead atoms. The summed E-state index contributed by atoms with van der Waals surface area (Å²) in [6.45, 7) is 0. The minimum absolute atomic E-state index is 0.192. The summed E-state index contributed by atoms with van der Waals surface area (Å²) in [5.41, 5.74) is 0.537. The molecule has 0 saturated heterocycles. The van der Waals surface area contributed by atoms with Crippen LogP contribution < -0.4 is 5.46 Å². The van der Waals surface area contributed by atoms with Crippen molar-refractivity contribution in [1.29, 1.82) is 0 Å². The zero-order valence-electron chi connectivity index (χ0n) is 9.83. The van der Waals surface area contributed by atoms with E-state index < -0.39 is 18.8 Å². The predicted octanol–water partition coefficient (Wildman–Crippen LogP) is 1.14. The Morgan fingerprint density at radius 2 is 1.47 bits per heavy atom. The van der Waals surface area contributed by atoms with E-state index in [0.29, 0.717) is 6.07 Å². The number of aldehydes is 1. The number of benzene rings is 2. The fourth-order valence-corrected chi connectivity index (χ4v) is 1.26. The van der Waals surface area contributed by atoms with Crippen molar-refractivity contribution in [1.82, 2.24) is 0 Å². The van der Waals surface area contributed by atoms with E-state index in [4.69, 9.17) is 10.0 Å². The largest absolute Gasteiger partial charge is 0.488 e. The second-order valence-corrected chi connectivity index (χ2v) is 3.60. The van der Waals surface area contributed by atoms with Crippen molar-refractivity contribution in [3.05, 3.63) is 65.7 Å². The molecule has 0 aliphatic carbocycles. The van der Waals surface area contributed by atoms with Gasteiger partial charge >= 0.3 is 7.12 Å². The normalized spacial score (nSPS) is 9.26. The first-order valence-electron chi connectivity index (χ1n) is 5.35. The Labute approximate surface area is 109 Å². The van der Waals surface area contributed by atoms with Crippen molar-refractivity contribution in [2.24, 2.45) is 0 Å². The first-order valence-corrected chi connectivity index (χ1v) is 5.35. The fourth-order valence-electron chi connectivity index (χ4n) is 1.26. The van der Waals surface area contributed by atoms with Crippen LogP contribution in [0.25, 0.3) is 0 Å². The van der Waals surface area contributed by atoms with E-state index in [2.05, 4.69) is 0 Å². The molecule has 19 heavy (non-hydrogen) atoms. The Balaban J connectivity index is 0.000000200. The van der Waals surface area contributed by atoms with Crippen LogP contribution in [0, 0.1) is 11.6 Å². The number of carbonyl (C=O) groups excluding carboxylic acids is 1. The molecule has 0 spiro atoms. The van der Waals surface area contributed by atoms with Gasteiger partial charge in [-0.2, -0.15) is 0 Å². The maximum atomic E-state index is 12.3. The third-order valence-corrected chi connectivity index (χ3v) is 2.12. The molecular formula is C13H11BF2O3. The van der Waals surface area contributed by atoms with Crippen LogP contribution >= 0.6 is 0 Å². The molecular weight excluding hydrogens is 253 g/mol. The van der Waals surface area contributed by atoms with E-state index in [0.717, 1.165) is 24.0 Å². The van der Waals surface area contributed by atoms with Crippen molar-refractivity contribution in [2.45, 2.75) is 0 Å². The Morgan fingerprint density at radius 3 is 1.84 bits per heavy atom. The Kier molecular flexibility index (Phi) is 5.85. The smallest absolute Gasteiger partial charge is 0.423 e. The zero-order valence-corrected chi connectivity index (χ0v) is 9.83. The molecule has 0 unspecified atom stereocenters. The second-order valence-electron chi connectivity index (χ2n) is 3.60. The van der Waals surface area contributed by atoms with E-state index in [9.17, 15) is 13.6 Å². The van der Waals surface area contributed by atoms with Crippen molar-refractivity contribution in [3.8, 4) is 0 Å². The van der Waals surface area contributed by atoms with Crippen molar-refractivity contribution < 1.29 is 23.6 Å². The summed E-state index contributed by atoms with van der Waals surface area (Å²) in [7, 11) is -1.83. The Bertz CT molecular complexity index is 512. The average Bonchev–Trinajstić information content (AvgIpc) is 2.39. The minimum atomic E-state index is -1.83. The van der Waals surface area contributed by atoms with Crippen LogP contribution in [0.5, 0.6) is 0 Å². The van der Waals surface area contributed by atoms with Crippen LogP contribution in [-0.4, -0.2) is 23.5 Å². The van der Waals surface area contributed by atoms with Gasteiger partial charge in [0.2, 0.25) is 0 Å². The van der Waals surface area contributed by atoms with Crippen molar-refractivity contribution in [3.63, 3.8) is 0 Å². The number of halogens is 2. The maximum Gasteiger partial charge on any atom is 0.488 e. The first-order chi connectivity index (χ1) is 9.02. The molecule has 0 radical (unpaired) electrons. The van der Waals surface area contributed by atoms with Gasteiger partial charge in [-0.1, -0.05) is 30.3 Å². The molecule has 3 nitrogen and oxygen atoms in total. The van der Waals surface area contributed by atoms with Crippen LogP contribution in [0.2, 0.25) is 0 Å². The van der Waals surface area contributed by atoms with Gasteiger partial charge in [0.1, 0.15) is 17.9 Å². The molecule has 0 aliphatic rings. The molecule has 0 fully saturated rings. The number of hydrogen-bond acceptors (Lipinski definition) is 3. The summed E-state index contributed by atoms with van der Waals surface area (Å²) in [6.07, 6.45) is 0.833. The molecule has 2 N–H and O–H groups in total. The van der Waals surface area contributed by atoms with Gasteiger partial charge in [0.05, 0.1) is 0 Å². The lowest BCUT2D eigenvalue weighted by Crippen LogP contribution is -2.30. The van der Waals surface area contributed by atoms with Gasteiger partial charge in [-0.15, -0.1) is 0 Å². The van der Waals surface area contributed by atoms with Crippen molar-refractivity contribution in [2.75, 3.05) is 0 Å². The molecule has 0 aliphatic heterocycles. The molecule has 0 aromatic heterocycles. The fraction of sp³-hybridized carbons (Fsp3) is 0. The van der Waals surface area contributed by atoms with Crippen LogP contribution in [0.1, 0.15) is 10.4 Å². The number of carbonyl (C=O) groups is 1. The molecule has 98 valence electrons. The molecule has 0 heterocycles. The highest BCUT2D eigenvalue weighted by Crippen LogP contribution is 1.99. The second kappa shape index (κ2) is 7.40. The molecule has 2 aromatic rings.